The lowest BCUT2D eigenvalue weighted by Gasteiger charge is -2.30. The number of carboxylic acids is 1. The molecule has 22 heavy (non-hydrogen) atoms. The molecule has 0 atom stereocenters. The van der Waals surface area contributed by atoms with Crippen LogP contribution in [0.15, 0.2) is 18.2 Å². The van der Waals surface area contributed by atoms with E-state index in [4.69, 9.17) is 21.4 Å². The summed E-state index contributed by atoms with van der Waals surface area (Å²) in [6, 6.07) is 4.70. The molecule has 0 spiro atoms. The molecule has 1 amide bonds. The average molecular weight is 327 g/mol. The van der Waals surface area contributed by atoms with Crippen LogP contribution in [0, 0.1) is 0 Å². The summed E-state index contributed by atoms with van der Waals surface area (Å²) < 4.78 is 5.07. The van der Waals surface area contributed by atoms with Crippen molar-refractivity contribution in [1.82, 2.24) is 5.32 Å². The van der Waals surface area contributed by atoms with Gasteiger partial charge >= 0.3 is 11.9 Å². The minimum absolute atomic E-state index is 0.117. The molecule has 1 heterocycles. The maximum absolute atomic E-state index is 12.0. The summed E-state index contributed by atoms with van der Waals surface area (Å²) in [7, 11) is 0. The van der Waals surface area contributed by atoms with Gasteiger partial charge < -0.3 is 20.1 Å². The SMILES string of the molecule is CC(C)(NC(=O)CN1CC(=O)Oc2ccc(Cl)cc21)C(=O)O. The smallest absolute Gasteiger partial charge is 0.331 e. The Morgan fingerprint density at radius 3 is 2.77 bits per heavy atom. The molecular weight excluding hydrogens is 312 g/mol. The Bertz CT molecular complexity index is 644. The first-order valence-corrected chi connectivity index (χ1v) is 6.86. The molecule has 2 rings (SSSR count). The summed E-state index contributed by atoms with van der Waals surface area (Å²) in [5.74, 6) is -1.86. The Balaban J connectivity index is 2.17. The van der Waals surface area contributed by atoms with E-state index in [9.17, 15) is 14.4 Å². The number of hydrogen-bond acceptors (Lipinski definition) is 5. The van der Waals surface area contributed by atoms with Gasteiger partial charge in [-0.2, -0.15) is 0 Å². The van der Waals surface area contributed by atoms with Gasteiger partial charge in [0.25, 0.3) is 0 Å². The molecule has 1 aromatic rings. The van der Waals surface area contributed by atoms with Crippen LogP contribution in [0.1, 0.15) is 13.8 Å². The van der Waals surface area contributed by atoms with E-state index in [2.05, 4.69) is 5.32 Å². The van der Waals surface area contributed by atoms with Crippen LogP contribution in [0.5, 0.6) is 5.75 Å². The second-order valence-electron chi connectivity index (χ2n) is 5.42. The standard InChI is InChI=1S/C14H15ClN2O5/c1-14(2,13(20)21)16-11(18)6-17-7-12(19)22-10-4-3-8(15)5-9(10)17/h3-5H,6-7H2,1-2H3,(H,16,18)(H,20,21). The molecule has 8 heteroatoms. The molecule has 0 bridgehead atoms. The third-order valence-corrected chi connectivity index (χ3v) is 3.36. The third kappa shape index (κ3) is 3.48. The summed E-state index contributed by atoms with van der Waals surface area (Å²) in [6.07, 6.45) is 0. The van der Waals surface area contributed by atoms with Crippen LogP contribution in [0.2, 0.25) is 5.02 Å². The van der Waals surface area contributed by atoms with E-state index in [1.807, 2.05) is 0 Å². The van der Waals surface area contributed by atoms with Crippen LogP contribution in [0.3, 0.4) is 0 Å². The second-order valence-corrected chi connectivity index (χ2v) is 5.86. The molecule has 1 aliphatic heterocycles. The van der Waals surface area contributed by atoms with Gasteiger partial charge in [0.05, 0.1) is 12.2 Å². The number of carbonyl (C=O) groups is 3. The van der Waals surface area contributed by atoms with E-state index < -0.39 is 23.4 Å². The third-order valence-electron chi connectivity index (χ3n) is 3.13. The fourth-order valence-electron chi connectivity index (χ4n) is 1.98. The van der Waals surface area contributed by atoms with Crippen LogP contribution >= 0.6 is 11.6 Å². The summed E-state index contributed by atoms with van der Waals surface area (Å²) >= 11 is 5.92. The highest BCUT2D eigenvalue weighted by molar-refractivity contribution is 6.31. The highest BCUT2D eigenvalue weighted by Gasteiger charge is 2.31. The van der Waals surface area contributed by atoms with Crippen molar-refractivity contribution in [2.45, 2.75) is 19.4 Å². The molecule has 1 aromatic carbocycles. The van der Waals surface area contributed by atoms with E-state index in [1.54, 1.807) is 18.2 Å². The number of esters is 1. The van der Waals surface area contributed by atoms with E-state index in [-0.39, 0.29) is 13.1 Å². The van der Waals surface area contributed by atoms with Crippen molar-refractivity contribution in [3.8, 4) is 5.75 Å². The molecule has 1 aliphatic rings. The number of nitrogens with zero attached hydrogens (tertiary/aromatic N) is 1. The Hall–Kier alpha value is -2.28. The van der Waals surface area contributed by atoms with Gasteiger partial charge in [-0.1, -0.05) is 11.6 Å². The van der Waals surface area contributed by atoms with Crippen molar-refractivity contribution >= 4 is 35.1 Å². The zero-order valence-electron chi connectivity index (χ0n) is 12.1. The maximum Gasteiger partial charge on any atom is 0.331 e. The topological polar surface area (TPSA) is 95.9 Å². The van der Waals surface area contributed by atoms with Gasteiger partial charge in [0.15, 0.2) is 5.75 Å². The fourth-order valence-corrected chi connectivity index (χ4v) is 2.14. The first-order valence-electron chi connectivity index (χ1n) is 6.48. The van der Waals surface area contributed by atoms with Crippen molar-refractivity contribution in [2.24, 2.45) is 0 Å². The van der Waals surface area contributed by atoms with Crippen molar-refractivity contribution in [3.63, 3.8) is 0 Å². The molecule has 7 nitrogen and oxygen atoms in total. The molecule has 0 fully saturated rings. The minimum Gasteiger partial charge on any atom is -0.480 e. The van der Waals surface area contributed by atoms with Crippen LogP contribution in [0.25, 0.3) is 0 Å². The van der Waals surface area contributed by atoms with Crippen LogP contribution in [-0.4, -0.2) is 41.6 Å². The minimum atomic E-state index is -1.40. The zero-order valence-corrected chi connectivity index (χ0v) is 12.8. The zero-order chi connectivity index (χ0) is 16.5. The van der Waals surface area contributed by atoms with Crippen LogP contribution in [0.4, 0.5) is 5.69 Å². The van der Waals surface area contributed by atoms with Crippen molar-refractivity contribution < 1.29 is 24.2 Å². The molecule has 2 N–H and O–H groups in total. The number of fused-ring (bicyclic) bond motifs is 1. The molecule has 118 valence electrons. The van der Waals surface area contributed by atoms with Crippen molar-refractivity contribution in [2.75, 3.05) is 18.0 Å². The molecule has 0 aliphatic carbocycles. The maximum atomic E-state index is 12.0. The van der Waals surface area contributed by atoms with Gasteiger partial charge in [-0.15, -0.1) is 0 Å². The number of rotatable bonds is 4. The Kier molecular flexibility index (Phi) is 4.27. The number of carbonyl (C=O) groups excluding carboxylic acids is 2. The van der Waals surface area contributed by atoms with E-state index in [1.165, 1.54) is 18.7 Å². The first-order chi connectivity index (χ1) is 10.2. The van der Waals surface area contributed by atoms with Gasteiger partial charge in [-0.05, 0) is 32.0 Å². The molecule has 0 aromatic heterocycles. The summed E-state index contributed by atoms with van der Waals surface area (Å²) in [5.41, 5.74) is -0.889. The average Bonchev–Trinajstić information content (AvgIpc) is 2.38. The van der Waals surface area contributed by atoms with Crippen molar-refractivity contribution in [3.05, 3.63) is 23.2 Å². The predicted molar refractivity (Wildman–Crippen MR) is 79.2 cm³/mol. The predicted octanol–water partition coefficient (Wildman–Crippen LogP) is 1.04. The van der Waals surface area contributed by atoms with E-state index in [0.29, 0.717) is 16.5 Å². The number of anilines is 1. The molecular formula is C14H15ClN2O5. The van der Waals surface area contributed by atoms with Crippen molar-refractivity contribution in [1.29, 1.82) is 0 Å². The number of benzene rings is 1. The lowest BCUT2D eigenvalue weighted by atomic mass is 10.1. The molecule has 0 saturated heterocycles. The Morgan fingerprint density at radius 1 is 1.45 bits per heavy atom. The Labute approximate surface area is 131 Å². The lowest BCUT2D eigenvalue weighted by molar-refractivity contribution is -0.145. The summed E-state index contributed by atoms with van der Waals surface area (Å²) in [4.78, 5) is 36.1. The van der Waals surface area contributed by atoms with E-state index in [0.717, 1.165) is 0 Å². The normalized spacial score (nSPS) is 14.1. The van der Waals surface area contributed by atoms with Crippen LogP contribution in [-0.2, 0) is 14.4 Å². The molecule has 0 radical (unpaired) electrons. The number of amides is 1. The lowest BCUT2D eigenvalue weighted by Crippen LogP contribution is -2.53. The second kappa shape index (κ2) is 5.84. The molecule has 0 unspecified atom stereocenters. The summed E-state index contributed by atoms with van der Waals surface area (Å²) in [5, 5.41) is 11.8. The number of aliphatic carboxylic acids is 1. The highest BCUT2D eigenvalue weighted by Crippen LogP contribution is 2.34. The monoisotopic (exact) mass is 326 g/mol. The summed E-state index contributed by atoms with van der Waals surface area (Å²) in [6.45, 7) is 2.46. The van der Waals surface area contributed by atoms with Gasteiger partial charge in [0, 0.05) is 5.02 Å². The first kappa shape index (κ1) is 16.1. The fraction of sp³-hybridized carbons (Fsp3) is 0.357. The molecule has 0 saturated carbocycles. The quantitative estimate of drug-likeness (QED) is 0.634. The van der Waals surface area contributed by atoms with Gasteiger partial charge in [0.2, 0.25) is 5.91 Å². The largest absolute Gasteiger partial charge is 0.480 e. The number of hydrogen-bond donors (Lipinski definition) is 2. The van der Waals surface area contributed by atoms with Gasteiger partial charge in [-0.3, -0.25) is 4.79 Å². The van der Waals surface area contributed by atoms with Gasteiger partial charge in [-0.25, -0.2) is 9.59 Å². The van der Waals surface area contributed by atoms with Crippen LogP contribution < -0.4 is 15.0 Å². The van der Waals surface area contributed by atoms with E-state index >= 15 is 0 Å². The van der Waals surface area contributed by atoms with Gasteiger partial charge in [0.1, 0.15) is 12.1 Å². The number of halogens is 1. The highest BCUT2D eigenvalue weighted by atomic mass is 35.5. The Morgan fingerprint density at radius 2 is 2.14 bits per heavy atom. The number of nitrogens with one attached hydrogen (secondary N) is 1. The number of carboxylic acid groups (broad SMARTS) is 1. The number of ether oxygens (including phenoxy) is 1.